The van der Waals surface area contributed by atoms with Gasteiger partial charge >= 0.3 is 0 Å². The highest BCUT2D eigenvalue weighted by atomic mass is 35.5. The molecular weight excluding hydrogens is 420 g/mol. The van der Waals surface area contributed by atoms with Gasteiger partial charge in [0.1, 0.15) is 0 Å². The van der Waals surface area contributed by atoms with Crippen molar-refractivity contribution in [2.24, 2.45) is 5.92 Å². The summed E-state index contributed by atoms with van der Waals surface area (Å²) in [5, 5.41) is 0.796. The Hall–Kier alpha value is -1.95. The van der Waals surface area contributed by atoms with E-state index in [1.165, 1.54) is 35.2 Å². The summed E-state index contributed by atoms with van der Waals surface area (Å²) in [6.07, 6.45) is 6.97. The normalized spacial score (nSPS) is 24.5. The van der Waals surface area contributed by atoms with E-state index in [-0.39, 0.29) is 6.04 Å². The van der Waals surface area contributed by atoms with Gasteiger partial charge in [-0.3, -0.25) is 14.7 Å². The smallest absolute Gasteiger partial charge is 0.222 e. The molecule has 1 aromatic heterocycles. The fourth-order valence-electron chi connectivity index (χ4n) is 5.80. The van der Waals surface area contributed by atoms with Crippen LogP contribution in [-0.4, -0.2) is 71.9 Å². The van der Waals surface area contributed by atoms with E-state index in [1.807, 2.05) is 18.3 Å². The summed E-state index contributed by atoms with van der Waals surface area (Å²) >= 11 is 6.34. The number of fused-ring (bicyclic) bond motifs is 2. The number of amides is 1. The van der Waals surface area contributed by atoms with Crippen LogP contribution >= 0.6 is 11.6 Å². The highest BCUT2D eigenvalue weighted by Crippen LogP contribution is 2.37. The van der Waals surface area contributed by atoms with Gasteiger partial charge in [0.15, 0.2) is 0 Å². The SMILES string of the molecule is CN1CCCC(CC(=O)N2CCN([C@H]3c4ccc(Cl)cc4CCc4cccnc43)CC2)C1. The predicted octanol–water partition coefficient (Wildman–Crippen LogP) is 3.80. The topological polar surface area (TPSA) is 39.7 Å². The number of aryl methyl sites for hydroxylation is 2. The fourth-order valence-corrected chi connectivity index (χ4v) is 5.99. The quantitative estimate of drug-likeness (QED) is 0.710. The van der Waals surface area contributed by atoms with Crippen molar-refractivity contribution in [1.29, 1.82) is 0 Å². The molecule has 2 fully saturated rings. The first-order valence-corrected chi connectivity index (χ1v) is 12.4. The largest absolute Gasteiger partial charge is 0.340 e. The van der Waals surface area contributed by atoms with Crippen LogP contribution in [0, 0.1) is 5.92 Å². The van der Waals surface area contributed by atoms with Crippen LogP contribution in [0.15, 0.2) is 36.5 Å². The third kappa shape index (κ3) is 4.57. The number of likely N-dealkylation sites (tertiary alicyclic amines) is 1. The number of piperazine rings is 1. The number of aromatic nitrogens is 1. The van der Waals surface area contributed by atoms with E-state index in [1.54, 1.807) is 0 Å². The van der Waals surface area contributed by atoms with Crippen LogP contribution in [-0.2, 0) is 17.6 Å². The maximum Gasteiger partial charge on any atom is 0.222 e. The molecule has 1 aliphatic carbocycles. The Morgan fingerprint density at radius 2 is 1.91 bits per heavy atom. The summed E-state index contributed by atoms with van der Waals surface area (Å²) in [6.45, 7) is 5.55. The average molecular weight is 453 g/mol. The Morgan fingerprint density at radius 1 is 1.09 bits per heavy atom. The zero-order valence-corrected chi connectivity index (χ0v) is 19.7. The van der Waals surface area contributed by atoms with E-state index in [0.29, 0.717) is 18.2 Å². The maximum atomic E-state index is 13.0. The number of carbonyl (C=O) groups is 1. The summed E-state index contributed by atoms with van der Waals surface area (Å²) in [7, 11) is 2.17. The lowest BCUT2D eigenvalue weighted by Gasteiger charge is -2.40. The minimum absolute atomic E-state index is 0.130. The molecule has 3 aliphatic rings. The van der Waals surface area contributed by atoms with Gasteiger partial charge in [-0.05, 0) is 80.1 Å². The zero-order valence-electron chi connectivity index (χ0n) is 19.0. The second kappa shape index (κ2) is 9.50. The molecule has 32 heavy (non-hydrogen) atoms. The number of hydrogen-bond acceptors (Lipinski definition) is 4. The van der Waals surface area contributed by atoms with Crippen molar-refractivity contribution >= 4 is 17.5 Å². The fraction of sp³-hybridized carbons (Fsp3) is 0.538. The van der Waals surface area contributed by atoms with Crippen LogP contribution in [0.3, 0.4) is 0 Å². The van der Waals surface area contributed by atoms with Crippen molar-refractivity contribution in [3.8, 4) is 0 Å². The molecule has 6 heteroatoms. The summed E-state index contributed by atoms with van der Waals surface area (Å²) in [6, 6.07) is 10.7. The van der Waals surface area contributed by atoms with Gasteiger partial charge in [0.05, 0.1) is 11.7 Å². The number of benzene rings is 1. The second-order valence-corrected chi connectivity index (χ2v) is 10.1. The monoisotopic (exact) mass is 452 g/mol. The van der Waals surface area contributed by atoms with Gasteiger partial charge in [-0.25, -0.2) is 0 Å². The highest BCUT2D eigenvalue weighted by Gasteiger charge is 2.33. The Kier molecular flexibility index (Phi) is 6.49. The molecule has 2 aliphatic heterocycles. The summed E-state index contributed by atoms with van der Waals surface area (Å²) in [4.78, 5) is 24.8. The molecule has 3 heterocycles. The Labute approximate surface area is 196 Å². The van der Waals surface area contributed by atoms with E-state index in [0.717, 1.165) is 57.1 Å². The molecule has 0 spiro atoms. The van der Waals surface area contributed by atoms with Gasteiger partial charge in [-0.15, -0.1) is 0 Å². The van der Waals surface area contributed by atoms with Gasteiger partial charge in [-0.2, -0.15) is 0 Å². The lowest BCUT2D eigenvalue weighted by Crippen LogP contribution is -2.50. The summed E-state index contributed by atoms with van der Waals surface area (Å²) in [5.74, 6) is 0.838. The van der Waals surface area contributed by atoms with Crippen molar-refractivity contribution in [3.63, 3.8) is 0 Å². The third-order valence-electron chi connectivity index (χ3n) is 7.47. The zero-order chi connectivity index (χ0) is 22.1. The van der Waals surface area contributed by atoms with Gasteiger partial charge in [-0.1, -0.05) is 23.7 Å². The summed E-state index contributed by atoms with van der Waals surface area (Å²) in [5.41, 5.74) is 5.13. The minimum Gasteiger partial charge on any atom is -0.340 e. The van der Waals surface area contributed by atoms with Gasteiger partial charge in [0, 0.05) is 50.4 Å². The number of nitrogens with zero attached hydrogens (tertiary/aromatic N) is 4. The van der Waals surface area contributed by atoms with Crippen LogP contribution in [0.1, 0.15) is 47.7 Å². The molecule has 1 aromatic carbocycles. The molecule has 0 bridgehead atoms. The van der Waals surface area contributed by atoms with E-state index in [2.05, 4.69) is 39.9 Å². The van der Waals surface area contributed by atoms with E-state index < -0.39 is 0 Å². The first kappa shape index (κ1) is 21.9. The molecule has 2 atom stereocenters. The van der Waals surface area contributed by atoms with Crippen molar-refractivity contribution in [3.05, 3.63) is 63.9 Å². The standard InChI is InChI=1S/C26H33ClN4O/c1-29-11-3-4-19(18-29)16-24(32)30-12-14-31(15-13-30)26-23-9-8-22(27)17-21(23)7-6-20-5-2-10-28-25(20)26/h2,5,8-10,17,19,26H,3-4,6-7,11-16,18H2,1H3/t19?,26-/m0/s1. The molecule has 0 saturated carbocycles. The molecule has 1 amide bonds. The Bertz CT molecular complexity index is 972. The Balaban J connectivity index is 1.31. The first-order valence-electron chi connectivity index (χ1n) is 12.0. The van der Waals surface area contributed by atoms with Crippen LogP contribution in [0.25, 0.3) is 0 Å². The summed E-state index contributed by atoms with van der Waals surface area (Å²) < 4.78 is 0. The van der Waals surface area contributed by atoms with Gasteiger partial charge in [0.2, 0.25) is 5.91 Å². The average Bonchev–Trinajstić information content (AvgIpc) is 2.96. The van der Waals surface area contributed by atoms with E-state index in [9.17, 15) is 4.79 Å². The number of piperidine rings is 1. The molecule has 5 nitrogen and oxygen atoms in total. The molecular formula is C26H33ClN4O. The minimum atomic E-state index is 0.130. The number of hydrogen-bond donors (Lipinski definition) is 0. The molecule has 1 unspecified atom stereocenters. The van der Waals surface area contributed by atoms with Crippen LogP contribution in [0.5, 0.6) is 0 Å². The highest BCUT2D eigenvalue weighted by molar-refractivity contribution is 6.30. The molecule has 2 aromatic rings. The van der Waals surface area contributed by atoms with Crippen LogP contribution in [0.2, 0.25) is 5.02 Å². The van der Waals surface area contributed by atoms with Crippen molar-refractivity contribution in [2.45, 2.75) is 38.1 Å². The number of rotatable bonds is 3. The number of halogens is 1. The third-order valence-corrected chi connectivity index (χ3v) is 7.70. The van der Waals surface area contributed by atoms with E-state index >= 15 is 0 Å². The first-order chi connectivity index (χ1) is 15.6. The van der Waals surface area contributed by atoms with E-state index in [4.69, 9.17) is 16.6 Å². The van der Waals surface area contributed by atoms with Gasteiger partial charge < -0.3 is 9.80 Å². The van der Waals surface area contributed by atoms with Crippen LogP contribution in [0.4, 0.5) is 0 Å². The predicted molar refractivity (Wildman–Crippen MR) is 128 cm³/mol. The molecule has 2 saturated heterocycles. The van der Waals surface area contributed by atoms with Gasteiger partial charge in [0.25, 0.3) is 0 Å². The molecule has 170 valence electrons. The molecule has 0 radical (unpaired) electrons. The maximum absolute atomic E-state index is 13.0. The Morgan fingerprint density at radius 3 is 2.72 bits per heavy atom. The second-order valence-electron chi connectivity index (χ2n) is 9.68. The van der Waals surface area contributed by atoms with Crippen molar-refractivity contribution in [2.75, 3.05) is 46.3 Å². The lowest BCUT2D eigenvalue weighted by molar-refractivity contribution is -0.134. The number of carbonyl (C=O) groups excluding carboxylic acids is 1. The van der Waals surface area contributed by atoms with Crippen molar-refractivity contribution in [1.82, 2.24) is 19.7 Å². The van der Waals surface area contributed by atoms with Crippen LogP contribution < -0.4 is 0 Å². The van der Waals surface area contributed by atoms with Crippen molar-refractivity contribution < 1.29 is 4.79 Å². The molecule has 5 rings (SSSR count). The molecule has 0 N–H and O–H groups in total. The number of pyridine rings is 1. The lowest BCUT2D eigenvalue weighted by atomic mass is 9.94.